The van der Waals surface area contributed by atoms with Crippen LogP contribution in [0.4, 0.5) is 0 Å². The molecule has 0 saturated carbocycles. The van der Waals surface area contributed by atoms with Crippen LogP contribution in [0, 0.1) is 13.8 Å². The average Bonchev–Trinajstić information content (AvgIpc) is 2.76. The third-order valence-corrected chi connectivity index (χ3v) is 3.42. The minimum atomic E-state index is 0.422. The van der Waals surface area contributed by atoms with Gasteiger partial charge in [-0.1, -0.05) is 18.2 Å². The molecule has 19 heavy (non-hydrogen) atoms. The Bertz CT molecular complexity index is 746. The highest BCUT2D eigenvalue weighted by Gasteiger charge is 2.11. The van der Waals surface area contributed by atoms with E-state index in [0.717, 1.165) is 33.7 Å². The zero-order valence-corrected chi connectivity index (χ0v) is 11.6. The van der Waals surface area contributed by atoms with Crippen LogP contribution in [0.2, 0.25) is 0 Å². The number of aryl methyl sites for hydroxylation is 2. The lowest BCUT2D eigenvalue weighted by Crippen LogP contribution is -2.06. The number of alkyl halides is 1. The molecule has 0 amide bonds. The Morgan fingerprint density at radius 3 is 2.63 bits per heavy atom. The summed E-state index contributed by atoms with van der Waals surface area (Å²) in [6.45, 7) is 4.00. The van der Waals surface area contributed by atoms with E-state index in [1.54, 1.807) is 0 Å². The molecule has 0 spiro atoms. The molecule has 0 aliphatic carbocycles. The maximum absolute atomic E-state index is 6.06. The SMILES string of the molecule is Cc1cc(C)n(-c2nc3ccccc3cc2CCl)n1. The summed E-state index contributed by atoms with van der Waals surface area (Å²) in [5, 5.41) is 5.59. The number of pyridine rings is 1. The van der Waals surface area contributed by atoms with Crippen LogP contribution in [0.25, 0.3) is 16.7 Å². The van der Waals surface area contributed by atoms with Crippen LogP contribution in [-0.4, -0.2) is 14.8 Å². The summed E-state index contributed by atoms with van der Waals surface area (Å²) in [5.74, 6) is 1.24. The van der Waals surface area contributed by atoms with Gasteiger partial charge in [0.25, 0.3) is 0 Å². The van der Waals surface area contributed by atoms with E-state index in [2.05, 4.69) is 11.2 Å². The van der Waals surface area contributed by atoms with Crippen LogP contribution < -0.4 is 0 Å². The van der Waals surface area contributed by atoms with E-state index in [1.807, 2.05) is 48.9 Å². The number of fused-ring (bicyclic) bond motifs is 1. The standard InChI is InChI=1S/C15H14ClN3/c1-10-7-11(2)19(18-10)15-13(9-16)8-12-5-3-4-6-14(12)17-15/h3-8H,9H2,1-2H3. The molecule has 0 bridgehead atoms. The summed E-state index contributed by atoms with van der Waals surface area (Å²) in [7, 11) is 0. The van der Waals surface area contributed by atoms with Crippen molar-refractivity contribution < 1.29 is 0 Å². The zero-order valence-electron chi connectivity index (χ0n) is 10.9. The number of para-hydroxylation sites is 1. The van der Waals surface area contributed by atoms with Crippen LogP contribution in [-0.2, 0) is 5.88 Å². The Kier molecular flexibility index (Phi) is 2.99. The first-order valence-electron chi connectivity index (χ1n) is 6.17. The van der Waals surface area contributed by atoms with E-state index >= 15 is 0 Å². The van der Waals surface area contributed by atoms with Gasteiger partial charge >= 0.3 is 0 Å². The summed E-state index contributed by atoms with van der Waals surface area (Å²) in [4.78, 5) is 4.71. The molecular formula is C15H14ClN3. The van der Waals surface area contributed by atoms with Crippen molar-refractivity contribution in [2.24, 2.45) is 0 Å². The molecule has 0 radical (unpaired) electrons. The van der Waals surface area contributed by atoms with E-state index in [-0.39, 0.29) is 0 Å². The molecule has 3 rings (SSSR count). The first kappa shape index (κ1) is 12.2. The van der Waals surface area contributed by atoms with Crippen molar-refractivity contribution in [1.82, 2.24) is 14.8 Å². The van der Waals surface area contributed by atoms with Gasteiger partial charge in [0, 0.05) is 16.6 Å². The fourth-order valence-corrected chi connectivity index (χ4v) is 2.47. The Morgan fingerprint density at radius 1 is 1.16 bits per heavy atom. The minimum absolute atomic E-state index is 0.422. The maximum Gasteiger partial charge on any atom is 0.158 e. The average molecular weight is 272 g/mol. The van der Waals surface area contributed by atoms with Crippen molar-refractivity contribution in [3.8, 4) is 5.82 Å². The molecule has 2 aromatic heterocycles. The number of hydrogen-bond acceptors (Lipinski definition) is 2. The van der Waals surface area contributed by atoms with Crippen LogP contribution in [0.15, 0.2) is 36.4 Å². The fraction of sp³-hybridized carbons (Fsp3) is 0.200. The molecule has 96 valence electrons. The van der Waals surface area contributed by atoms with Gasteiger partial charge in [-0.2, -0.15) is 5.10 Å². The van der Waals surface area contributed by atoms with Crippen LogP contribution in [0.5, 0.6) is 0 Å². The Hall–Kier alpha value is -1.87. The molecular weight excluding hydrogens is 258 g/mol. The molecule has 0 N–H and O–H groups in total. The predicted octanol–water partition coefficient (Wildman–Crippen LogP) is 3.78. The van der Waals surface area contributed by atoms with Gasteiger partial charge in [0.05, 0.1) is 17.1 Å². The van der Waals surface area contributed by atoms with Crippen molar-refractivity contribution in [2.75, 3.05) is 0 Å². The summed E-state index contributed by atoms with van der Waals surface area (Å²) < 4.78 is 1.86. The third kappa shape index (κ3) is 2.10. The van der Waals surface area contributed by atoms with Crippen molar-refractivity contribution >= 4 is 22.5 Å². The summed E-state index contributed by atoms with van der Waals surface area (Å²) >= 11 is 6.06. The summed E-state index contributed by atoms with van der Waals surface area (Å²) in [6.07, 6.45) is 0. The molecule has 2 heterocycles. The van der Waals surface area contributed by atoms with Gasteiger partial charge in [0.1, 0.15) is 0 Å². The quantitative estimate of drug-likeness (QED) is 0.664. The lowest BCUT2D eigenvalue weighted by molar-refractivity contribution is 0.802. The van der Waals surface area contributed by atoms with Gasteiger partial charge < -0.3 is 0 Å². The van der Waals surface area contributed by atoms with E-state index < -0.39 is 0 Å². The highest BCUT2D eigenvalue weighted by molar-refractivity contribution is 6.17. The lowest BCUT2D eigenvalue weighted by Gasteiger charge is -2.10. The topological polar surface area (TPSA) is 30.7 Å². The predicted molar refractivity (Wildman–Crippen MR) is 77.9 cm³/mol. The molecule has 0 saturated heterocycles. The van der Waals surface area contributed by atoms with E-state index in [9.17, 15) is 0 Å². The van der Waals surface area contributed by atoms with E-state index in [0.29, 0.717) is 5.88 Å². The summed E-state index contributed by atoms with van der Waals surface area (Å²) in [5.41, 5.74) is 3.99. The molecule has 0 fully saturated rings. The van der Waals surface area contributed by atoms with Crippen molar-refractivity contribution in [3.63, 3.8) is 0 Å². The Balaban J connectivity index is 2.30. The van der Waals surface area contributed by atoms with Crippen LogP contribution >= 0.6 is 11.6 Å². The fourth-order valence-electron chi connectivity index (χ4n) is 2.27. The van der Waals surface area contributed by atoms with Crippen molar-refractivity contribution in [2.45, 2.75) is 19.7 Å². The number of aromatic nitrogens is 3. The number of nitrogens with zero attached hydrogens (tertiary/aromatic N) is 3. The van der Waals surface area contributed by atoms with E-state index in [1.165, 1.54) is 0 Å². The first-order valence-corrected chi connectivity index (χ1v) is 6.71. The summed E-state index contributed by atoms with van der Waals surface area (Å²) in [6, 6.07) is 12.2. The zero-order chi connectivity index (χ0) is 13.4. The van der Waals surface area contributed by atoms with Crippen LogP contribution in [0.1, 0.15) is 17.0 Å². The second-order valence-electron chi connectivity index (χ2n) is 4.64. The highest BCUT2D eigenvalue weighted by atomic mass is 35.5. The van der Waals surface area contributed by atoms with Gasteiger partial charge in [0.2, 0.25) is 0 Å². The van der Waals surface area contributed by atoms with Gasteiger partial charge in [-0.3, -0.25) is 0 Å². The van der Waals surface area contributed by atoms with Gasteiger partial charge in [-0.15, -0.1) is 11.6 Å². The lowest BCUT2D eigenvalue weighted by atomic mass is 10.1. The molecule has 1 aromatic carbocycles. The number of halogens is 1. The third-order valence-electron chi connectivity index (χ3n) is 3.13. The van der Waals surface area contributed by atoms with Crippen molar-refractivity contribution in [3.05, 3.63) is 53.3 Å². The number of hydrogen-bond donors (Lipinski definition) is 0. The maximum atomic E-state index is 6.06. The largest absolute Gasteiger partial charge is 0.228 e. The smallest absolute Gasteiger partial charge is 0.158 e. The molecule has 0 atom stereocenters. The number of rotatable bonds is 2. The van der Waals surface area contributed by atoms with Gasteiger partial charge in [-0.25, -0.2) is 9.67 Å². The minimum Gasteiger partial charge on any atom is -0.228 e. The molecule has 0 unspecified atom stereocenters. The molecule has 4 heteroatoms. The Labute approximate surface area is 116 Å². The van der Waals surface area contributed by atoms with Gasteiger partial charge in [0.15, 0.2) is 5.82 Å². The molecule has 0 aliphatic rings. The Morgan fingerprint density at radius 2 is 1.95 bits per heavy atom. The van der Waals surface area contributed by atoms with E-state index in [4.69, 9.17) is 16.6 Å². The first-order chi connectivity index (χ1) is 9.19. The molecule has 3 nitrogen and oxygen atoms in total. The number of benzene rings is 1. The van der Waals surface area contributed by atoms with Crippen LogP contribution in [0.3, 0.4) is 0 Å². The second-order valence-corrected chi connectivity index (χ2v) is 4.90. The monoisotopic (exact) mass is 271 g/mol. The van der Waals surface area contributed by atoms with Gasteiger partial charge in [-0.05, 0) is 32.0 Å². The molecule has 3 aromatic rings. The van der Waals surface area contributed by atoms with Crippen molar-refractivity contribution in [1.29, 1.82) is 0 Å². The second kappa shape index (κ2) is 4.67. The normalized spacial score (nSPS) is 11.1. The molecule has 0 aliphatic heterocycles. The highest BCUT2D eigenvalue weighted by Crippen LogP contribution is 2.22.